The van der Waals surface area contributed by atoms with Crippen molar-refractivity contribution in [2.45, 2.75) is 46.3 Å². The third kappa shape index (κ3) is 7.22. The van der Waals surface area contributed by atoms with E-state index < -0.39 is 0 Å². The minimum atomic E-state index is 0. The Kier molecular flexibility index (Phi) is 9.85. The molecular formula is C22H34IN5S. The summed E-state index contributed by atoms with van der Waals surface area (Å²) in [5.74, 6) is 1.59. The molecule has 1 aliphatic rings. The standard InChI is InChI=1S/C22H33N5S.HI/c1-5-23-22(26(4)15-21-16-28-18(3)25-21)24-12-20-11-17(2)27(14-20)13-19-9-7-6-8-10-19;/h6-10,16-17,20H,5,11-15H2,1-4H3,(H,23,24);1H. The van der Waals surface area contributed by atoms with Gasteiger partial charge in [-0.1, -0.05) is 30.3 Å². The third-order valence-electron chi connectivity index (χ3n) is 5.28. The summed E-state index contributed by atoms with van der Waals surface area (Å²) >= 11 is 1.70. The SMILES string of the molecule is CCNC(=NCC1CC(C)N(Cc2ccccc2)C1)N(C)Cc1csc(C)n1.I. The van der Waals surface area contributed by atoms with Crippen molar-refractivity contribution < 1.29 is 0 Å². The maximum absolute atomic E-state index is 4.95. The van der Waals surface area contributed by atoms with Crippen LogP contribution in [0.25, 0.3) is 0 Å². The molecular weight excluding hydrogens is 493 g/mol. The number of thiazole rings is 1. The summed E-state index contributed by atoms with van der Waals surface area (Å²) < 4.78 is 0. The van der Waals surface area contributed by atoms with Crippen molar-refractivity contribution in [2.75, 3.05) is 26.7 Å². The number of nitrogens with one attached hydrogen (secondary N) is 1. The van der Waals surface area contributed by atoms with E-state index in [-0.39, 0.29) is 24.0 Å². The lowest BCUT2D eigenvalue weighted by Gasteiger charge is -2.22. The van der Waals surface area contributed by atoms with Crippen LogP contribution in [0.5, 0.6) is 0 Å². The Labute approximate surface area is 196 Å². The number of hydrogen-bond acceptors (Lipinski definition) is 4. The van der Waals surface area contributed by atoms with Gasteiger partial charge in [0.2, 0.25) is 0 Å². The van der Waals surface area contributed by atoms with Gasteiger partial charge < -0.3 is 10.2 Å². The van der Waals surface area contributed by atoms with Crippen molar-refractivity contribution in [3.05, 3.63) is 52.0 Å². The largest absolute Gasteiger partial charge is 0.357 e. The summed E-state index contributed by atoms with van der Waals surface area (Å²) in [5, 5.41) is 6.68. The molecule has 0 aliphatic carbocycles. The topological polar surface area (TPSA) is 43.8 Å². The number of aromatic nitrogens is 1. The molecule has 160 valence electrons. The summed E-state index contributed by atoms with van der Waals surface area (Å²) in [6.07, 6.45) is 1.21. The second-order valence-electron chi connectivity index (χ2n) is 7.77. The van der Waals surface area contributed by atoms with Crippen LogP contribution in [0, 0.1) is 12.8 Å². The molecule has 7 heteroatoms. The van der Waals surface area contributed by atoms with Crippen LogP contribution in [-0.4, -0.2) is 53.5 Å². The van der Waals surface area contributed by atoms with E-state index in [1.54, 1.807) is 11.3 Å². The normalized spacial score (nSPS) is 19.8. The van der Waals surface area contributed by atoms with Crippen molar-refractivity contribution in [1.29, 1.82) is 0 Å². The lowest BCUT2D eigenvalue weighted by atomic mass is 10.1. The molecule has 0 radical (unpaired) electrons. The number of aryl methyl sites for hydroxylation is 1. The lowest BCUT2D eigenvalue weighted by molar-refractivity contribution is 0.256. The first-order valence-corrected chi connectivity index (χ1v) is 11.1. The van der Waals surface area contributed by atoms with Crippen LogP contribution < -0.4 is 5.32 Å². The smallest absolute Gasteiger partial charge is 0.194 e. The number of guanidine groups is 1. The first kappa shape index (κ1) is 24.1. The molecule has 3 rings (SSSR count). The molecule has 1 aromatic carbocycles. The van der Waals surface area contributed by atoms with E-state index in [1.165, 1.54) is 12.0 Å². The van der Waals surface area contributed by atoms with Crippen LogP contribution in [0.1, 0.15) is 36.5 Å². The predicted molar refractivity (Wildman–Crippen MR) is 134 cm³/mol. The lowest BCUT2D eigenvalue weighted by Crippen LogP contribution is -2.39. The quantitative estimate of drug-likeness (QED) is 0.330. The number of hydrogen-bond donors (Lipinski definition) is 1. The average Bonchev–Trinajstić information content (AvgIpc) is 3.24. The summed E-state index contributed by atoms with van der Waals surface area (Å²) in [7, 11) is 2.09. The highest BCUT2D eigenvalue weighted by Crippen LogP contribution is 2.25. The fourth-order valence-corrected chi connectivity index (χ4v) is 4.48. The van der Waals surface area contributed by atoms with Crippen molar-refractivity contribution in [3.8, 4) is 0 Å². The second kappa shape index (κ2) is 11.9. The minimum absolute atomic E-state index is 0. The van der Waals surface area contributed by atoms with Gasteiger partial charge in [-0.2, -0.15) is 0 Å². The Morgan fingerprint density at radius 2 is 2.10 bits per heavy atom. The van der Waals surface area contributed by atoms with Crippen LogP contribution in [0.4, 0.5) is 0 Å². The highest BCUT2D eigenvalue weighted by molar-refractivity contribution is 14.0. The maximum Gasteiger partial charge on any atom is 0.194 e. The minimum Gasteiger partial charge on any atom is -0.357 e. The third-order valence-corrected chi connectivity index (χ3v) is 6.10. The molecule has 2 aromatic rings. The maximum atomic E-state index is 4.95. The summed E-state index contributed by atoms with van der Waals surface area (Å²) in [6, 6.07) is 11.4. The summed E-state index contributed by atoms with van der Waals surface area (Å²) in [6.45, 7) is 11.2. The van der Waals surface area contributed by atoms with Gasteiger partial charge in [-0.05, 0) is 38.7 Å². The predicted octanol–water partition coefficient (Wildman–Crippen LogP) is 4.38. The highest BCUT2D eigenvalue weighted by atomic mass is 127. The van der Waals surface area contributed by atoms with Crippen molar-refractivity contribution in [2.24, 2.45) is 10.9 Å². The molecule has 1 aliphatic heterocycles. The molecule has 2 unspecified atom stereocenters. The fourth-order valence-electron chi connectivity index (χ4n) is 3.87. The van der Waals surface area contributed by atoms with Gasteiger partial charge in [0.05, 0.1) is 17.2 Å². The Hall–Kier alpha value is -1.19. The van der Waals surface area contributed by atoms with Gasteiger partial charge in [0, 0.05) is 44.6 Å². The zero-order chi connectivity index (χ0) is 19.9. The molecule has 1 N–H and O–H groups in total. The number of rotatable bonds is 7. The zero-order valence-corrected chi connectivity index (χ0v) is 21.1. The fraction of sp³-hybridized carbons (Fsp3) is 0.545. The van der Waals surface area contributed by atoms with Crippen LogP contribution in [0.15, 0.2) is 40.7 Å². The van der Waals surface area contributed by atoms with E-state index in [0.717, 1.165) is 49.4 Å². The van der Waals surface area contributed by atoms with Gasteiger partial charge in [-0.15, -0.1) is 35.3 Å². The van der Waals surface area contributed by atoms with Crippen LogP contribution in [-0.2, 0) is 13.1 Å². The van der Waals surface area contributed by atoms with E-state index in [9.17, 15) is 0 Å². The van der Waals surface area contributed by atoms with Gasteiger partial charge in [0.25, 0.3) is 0 Å². The molecule has 2 atom stereocenters. The van der Waals surface area contributed by atoms with Gasteiger partial charge in [0.15, 0.2) is 5.96 Å². The number of aliphatic imine (C=N–C) groups is 1. The molecule has 0 spiro atoms. The van der Waals surface area contributed by atoms with E-state index in [0.29, 0.717) is 12.0 Å². The molecule has 2 heterocycles. The molecule has 0 saturated carbocycles. The Bertz CT molecular complexity index is 764. The summed E-state index contributed by atoms with van der Waals surface area (Å²) in [5.41, 5.74) is 2.50. The highest BCUT2D eigenvalue weighted by Gasteiger charge is 2.28. The van der Waals surface area contributed by atoms with Crippen LogP contribution in [0.3, 0.4) is 0 Å². The summed E-state index contributed by atoms with van der Waals surface area (Å²) in [4.78, 5) is 14.3. The van der Waals surface area contributed by atoms with Gasteiger partial charge in [-0.3, -0.25) is 9.89 Å². The Morgan fingerprint density at radius 1 is 1.34 bits per heavy atom. The monoisotopic (exact) mass is 527 g/mol. The molecule has 0 bridgehead atoms. The molecule has 0 amide bonds. The van der Waals surface area contributed by atoms with Gasteiger partial charge >= 0.3 is 0 Å². The van der Waals surface area contributed by atoms with Gasteiger partial charge in [0.1, 0.15) is 0 Å². The first-order chi connectivity index (χ1) is 13.5. The van der Waals surface area contributed by atoms with E-state index in [1.807, 2.05) is 0 Å². The number of likely N-dealkylation sites (tertiary alicyclic amines) is 1. The molecule has 1 saturated heterocycles. The average molecular weight is 528 g/mol. The molecule has 5 nitrogen and oxygen atoms in total. The Morgan fingerprint density at radius 3 is 2.76 bits per heavy atom. The van der Waals surface area contributed by atoms with E-state index in [2.05, 4.69) is 83.6 Å². The van der Waals surface area contributed by atoms with E-state index >= 15 is 0 Å². The molecule has 1 fully saturated rings. The number of benzene rings is 1. The van der Waals surface area contributed by atoms with Crippen LogP contribution in [0.2, 0.25) is 0 Å². The van der Waals surface area contributed by atoms with Gasteiger partial charge in [-0.25, -0.2) is 4.98 Å². The first-order valence-electron chi connectivity index (χ1n) is 10.2. The number of halogens is 1. The van der Waals surface area contributed by atoms with Crippen LogP contribution >= 0.6 is 35.3 Å². The van der Waals surface area contributed by atoms with Crippen molar-refractivity contribution in [3.63, 3.8) is 0 Å². The number of nitrogens with zero attached hydrogens (tertiary/aromatic N) is 4. The molecule has 29 heavy (non-hydrogen) atoms. The van der Waals surface area contributed by atoms with Crippen molar-refractivity contribution >= 4 is 41.3 Å². The second-order valence-corrected chi connectivity index (χ2v) is 8.84. The molecule has 1 aromatic heterocycles. The zero-order valence-electron chi connectivity index (χ0n) is 18.0. The van der Waals surface area contributed by atoms with Crippen molar-refractivity contribution in [1.82, 2.24) is 20.1 Å². The van der Waals surface area contributed by atoms with E-state index in [4.69, 9.17) is 4.99 Å². The Balaban J connectivity index is 0.00000300.